The second-order valence-corrected chi connectivity index (χ2v) is 5.35. The van der Waals surface area contributed by atoms with Gasteiger partial charge in [-0.05, 0) is 25.1 Å². The fraction of sp³-hybridized carbons (Fsp3) is 0.533. The topological polar surface area (TPSA) is 38.8 Å². The minimum Gasteiger partial charge on any atom is -0.492 e. The molecule has 104 valence electrons. The van der Waals surface area contributed by atoms with E-state index in [1.807, 2.05) is 6.07 Å². The average molecular weight is 263 g/mol. The third-order valence-corrected chi connectivity index (χ3v) is 3.65. The third kappa shape index (κ3) is 2.89. The standard InChI is InChI=1S/C15H21NO3/c1-10(2)13-9-19-14-7-11(15(17)18-4)5-6-12(14)8-16(13)3/h5-7,10,13H,8-9H2,1-4H3. The SMILES string of the molecule is COC(=O)c1ccc2c(c1)OCC(C(C)C)N(C)C2. The molecule has 1 aliphatic heterocycles. The maximum Gasteiger partial charge on any atom is 0.337 e. The molecule has 1 heterocycles. The van der Waals surface area contributed by atoms with Crippen LogP contribution < -0.4 is 4.74 Å². The summed E-state index contributed by atoms with van der Waals surface area (Å²) in [4.78, 5) is 13.8. The molecule has 0 spiro atoms. The summed E-state index contributed by atoms with van der Waals surface area (Å²) in [7, 11) is 3.49. The van der Waals surface area contributed by atoms with Crippen molar-refractivity contribution < 1.29 is 14.3 Å². The molecular weight excluding hydrogens is 242 g/mol. The Morgan fingerprint density at radius 3 is 2.84 bits per heavy atom. The van der Waals surface area contributed by atoms with Gasteiger partial charge in [0.2, 0.25) is 0 Å². The molecule has 19 heavy (non-hydrogen) atoms. The highest BCUT2D eigenvalue weighted by Gasteiger charge is 2.25. The van der Waals surface area contributed by atoms with E-state index in [-0.39, 0.29) is 5.97 Å². The molecule has 0 amide bonds. The minimum absolute atomic E-state index is 0.329. The molecule has 1 aromatic rings. The lowest BCUT2D eigenvalue weighted by atomic mass is 10.0. The van der Waals surface area contributed by atoms with E-state index in [0.29, 0.717) is 24.1 Å². The number of fused-ring (bicyclic) bond motifs is 1. The van der Waals surface area contributed by atoms with Crippen LogP contribution in [0.15, 0.2) is 18.2 Å². The number of hydrogen-bond acceptors (Lipinski definition) is 4. The van der Waals surface area contributed by atoms with Gasteiger partial charge < -0.3 is 9.47 Å². The van der Waals surface area contributed by atoms with Gasteiger partial charge in [-0.3, -0.25) is 4.90 Å². The van der Waals surface area contributed by atoms with Crippen LogP contribution in [0.3, 0.4) is 0 Å². The van der Waals surface area contributed by atoms with E-state index in [1.165, 1.54) is 7.11 Å². The molecule has 0 aliphatic carbocycles. The zero-order valence-electron chi connectivity index (χ0n) is 12.0. The van der Waals surface area contributed by atoms with E-state index >= 15 is 0 Å². The van der Waals surface area contributed by atoms with Gasteiger partial charge >= 0.3 is 5.97 Å². The molecule has 0 aromatic heterocycles. The van der Waals surface area contributed by atoms with Crippen LogP contribution in [-0.2, 0) is 11.3 Å². The van der Waals surface area contributed by atoms with E-state index in [9.17, 15) is 4.79 Å². The molecule has 0 N–H and O–H groups in total. The van der Waals surface area contributed by atoms with Gasteiger partial charge in [-0.2, -0.15) is 0 Å². The van der Waals surface area contributed by atoms with Crippen LogP contribution in [0.4, 0.5) is 0 Å². The monoisotopic (exact) mass is 263 g/mol. The van der Waals surface area contributed by atoms with Crippen molar-refractivity contribution in [3.63, 3.8) is 0 Å². The molecule has 0 saturated carbocycles. The van der Waals surface area contributed by atoms with Crippen LogP contribution in [-0.4, -0.2) is 37.7 Å². The second kappa shape index (κ2) is 5.61. The van der Waals surface area contributed by atoms with Crippen molar-refractivity contribution >= 4 is 5.97 Å². The number of hydrogen-bond donors (Lipinski definition) is 0. The highest BCUT2D eigenvalue weighted by Crippen LogP contribution is 2.27. The number of likely N-dealkylation sites (N-methyl/N-ethyl adjacent to an activating group) is 1. The number of benzene rings is 1. The average Bonchev–Trinajstić information content (AvgIpc) is 2.55. The summed E-state index contributed by atoms with van der Waals surface area (Å²) in [5.74, 6) is 0.988. The van der Waals surface area contributed by atoms with Crippen LogP contribution in [0.1, 0.15) is 29.8 Å². The van der Waals surface area contributed by atoms with Crippen molar-refractivity contribution in [3.05, 3.63) is 29.3 Å². The van der Waals surface area contributed by atoms with Crippen LogP contribution in [0.2, 0.25) is 0 Å². The lowest BCUT2D eigenvalue weighted by Crippen LogP contribution is -2.38. The predicted octanol–water partition coefficient (Wildman–Crippen LogP) is 2.32. The van der Waals surface area contributed by atoms with E-state index < -0.39 is 0 Å². The summed E-state index contributed by atoms with van der Waals surface area (Å²) in [6.07, 6.45) is 0. The summed E-state index contributed by atoms with van der Waals surface area (Å²) in [6.45, 7) is 5.87. The maximum atomic E-state index is 11.5. The molecule has 1 atom stereocenters. The molecule has 1 aromatic carbocycles. The Morgan fingerprint density at radius 2 is 2.21 bits per heavy atom. The fourth-order valence-electron chi connectivity index (χ4n) is 2.45. The van der Waals surface area contributed by atoms with Gasteiger partial charge in [0.1, 0.15) is 12.4 Å². The first kappa shape index (κ1) is 13.9. The Hall–Kier alpha value is -1.55. The number of carbonyl (C=O) groups is 1. The van der Waals surface area contributed by atoms with Crippen LogP contribution in [0.25, 0.3) is 0 Å². The molecule has 0 bridgehead atoms. The smallest absolute Gasteiger partial charge is 0.337 e. The first-order valence-corrected chi connectivity index (χ1v) is 6.57. The Morgan fingerprint density at radius 1 is 1.47 bits per heavy atom. The van der Waals surface area contributed by atoms with E-state index in [0.717, 1.165) is 17.9 Å². The van der Waals surface area contributed by atoms with Crippen molar-refractivity contribution in [1.29, 1.82) is 0 Å². The van der Waals surface area contributed by atoms with E-state index in [4.69, 9.17) is 9.47 Å². The van der Waals surface area contributed by atoms with Gasteiger partial charge in [-0.25, -0.2) is 4.79 Å². The first-order valence-electron chi connectivity index (χ1n) is 6.57. The summed E-state index contributed by atoms with van der Waals surface area (Å²) in [5.41, 5.74) is 1.64. The Balaban J connectivity index is 2.27. The highest BCUT2D eigenvalue weighted by molar-refractivity contribution is 5.89. The van der Waals surface area contributed by atoms with E-state index in [1.54, 1.807) is 12.1 Å². The molecule has 0 fully saturated rings. The van der Waals surface area contributed by atoms with Gasteiger partial charge in [-0.1, -0.05) is 19.9 Å². The third-order valence-electron chi connectivity index (χ3n) is 3.65. The highest BCUT2D eigenvalue weighted by atomic mass is 16.5. The molecular formula is C15H21NO3. The second-order valence-electron chi connectivity index (χ2n) is 5.35. The van der Waals surface area contributed by atoms with Crippen molar-refractivity contribution in [2.75, 3.05) is 20.8 Å². The summed E-state index contributed by atoms with van der Waals surface area (Å²) in [5, 5.41) is 0. The molecule has 1 aliphatic rings. The van der Waals surface area contributed by atoms with Crippen molar-refractivity contribution in [2.45, 2.75) is 26.4 Å². The molecule has 4 nitrogen and oxygen atoms in total. The van der Waals surface area contributed by atoms with Gasteiger partial charge in [0.05, 0.1) is 12.7 Å². The number of methoxy groups -OCH3 is 1. The molecule has 1 unspecified atom stereocenters. The maximum absolute atomic E-state index is 11.5. The van der Waals surface area contributed by atoms with Gasteiger partial charge in [0, 0.05) is 18.2 Å². The number of nitrogens with zero attached hydrogens (tertiary/aromatic N) is 1. The lowest BCUT2D eigenvalue weighted by molar-refractivity contribution is 0.0600. The largest absolute Gasteiger partial charge is 0.492 e. The zero-order chi connectivity index (χ0) is 14.0. The Kier molecular flexibility index (Phi) is 4.10. The quantitative estimate of drug-likeness (QED) is 0.768. The number of esters is 1. The number of rotatable bonds is 2. The van der Waals surface area contributed by atoms with Gasteiger partial charge in [0.15, 0.2) is 0 Å². The van der Waals surface area contributed by atoms with Crippen LogP contribution in [0.5, 0.6) is 5.75 Å². The Bertz CT molecular complexity index is 470. The summed E-state index contributed by atoms with van der Waals surface area (Å²) in [6, 6.07) is 5.89. The molecule has 0 radical (unpaired) electrons. The van der Waals surface area contributed by atoms with E-state index in [2.05, 4.69) is 25.8 Å². The molecule has 0 saturated heterocycles. The Labute approximate surface area is 114 Å². The summed E-state index contributed by atoms with van der Waals surface area (Å²) < 4.78 is 10.6. The predicted molar refractivity (Wildman–Crippen MR) is 73.4 cm³/mol. The van der Waals surface area contributed by atoms with Crippen LogP contribution >= 0.6 is 0 Å². The lowest BCUT2D eigenvalue weighted by Gasteiger charge is -2.27. The fourth-order valence-corrected chi connectivity index (χ4v) is 2.45. The van der Waals surface area contributed by atoms with Crippen molar-refractivity contribution in [3.8, 4) is 5.75 Å². The van der Waals surface area contributed by atoms with Crippen molar-refractivity contribution in [1.82, 2.24) is 4.90 Å². The van der Waals surface area contributed by atoms with Crippen LogP contribution in [0, 0.1) is 5.92 Å². The van der Waals surface area contributed by atoms with Gasteiger partial charge in [-0.15, -0.1) is 0 Å². The molecule has 2 rings (SSSR count). The summed E-state index contributed by atoms with van der Waals surface area (Å²) >= 11 is 0. The number of ether oxygens (including phenoxy) is 2. The first-order chi connectivity index (χ1) is 9.02. The molecule has 4 heteroatoms. The van der Waals surface area contributed by atoms with Crippen molar-refractivity contribution in [2.24, 2.45) is 5.92 Å². The normalized spacial score (nSPS) is 19.5. The minimum atomic E-state index is -0.329. The van der Waals surface area contributed by atoms with Gasteiger partial charge in [0.25, 0.3) is 0 Å². The zero-order valence-corrected chi connectivity index (χ0v) is 12.0. The number of carbonyl (C=O) groups excluding carboxylic acids is 1.